The van der Waals surface area contributed by atoms with Crippen molar-refractivity contribution in [3.63, 3.8) is 0 Å². The maximum Gasteiger partial charge on any atom is 0.411 e. The summed E-state index contributed by atoms with van der Waals surface area (Å²) >= 11 is 0. The van der Waals surface area contributed by atoms with Crippen molar-refractivity contribution in [3.05, 3.63) is 95.1 Å². The molecule has 0 aromatic heterocycles. The first kappa shape index (κ1) is 18.1. The van der Waals surface area contributed by atoms with E-state index >= 15 is 0 Å². The lowest BCUT2D eigenvalue weighted by atomic mass is 10.1. The highest BCUT2D eigenvalue weighted by Crippen LogP contribution is 2.31. The summed E-state index contributed by atoms with van der Waals surface area (Å²) in [6, 6.07) is 24.5. The molecule has 4 heteroatoms. The first-order valence-electron chi connectivity index (χ1n) is 9.58. The zero-order valence-electron chi connectivity index (χ0n) is 16.0. The maximum absolute atomic E-state index is 12.1. The number of hydrogen-bond donors (Lipinski definition) is 1. The number of anilines is 2. The second-order valence-electron chi connectivity index (χ2n) is 7.19. The van der Waals surface area contributed by atoms with Gasteiger partial charge in [0, 0.05) is 24.5 Å². The second kappa shape index (κ2) is 8.17. The van der Waals surface area contributed by atoms with Crippen LogP contribution < -0.4 is 10.2 Å². The van der Waals surface area contributed by atoms with Gasteiger partial charge in [0.15, 0.2) is 0 Å². The maximum atomic E-state index is 12.1. The number of carbonyl (C=O) groups excluding carboxylic acids is 1. The quantitative estimate of drug-likeness (QED) is 0.660. The van der Waals surface area contributed by atoms with E-state index < -0.39 is 6.09 Å². The molecule has 0 radical (unpaired) electrons. The van der Waals surface area contributed by atoms with E-state index in [1.165, 1.54) is 22.4 Å². The highest BCUT2D eigenvalue weighted by Gasteiger charge is 2.19. The molecule has 1 heterocycles. The molecule has 0 bridgehead atoms. The fourth-order valence-corrected chi connectivity index (χ4v) is 3.50. The molecule has 142 valence electrons. The molecule has 0 aliphatic carbocycles. The van der Waals surface area contributed by atoms with Crippen LogP contribution in [0.4, 0.5) is 16.2 Å². The smallest absolute Gasteiger partial charge is 0.411 e. The minimum atomic E-state index is -0.431. The Bertz CT molecular complexity index is 952. The Morgan fingerprint density at radius 1 is 1.00 bits per heavy atom. The van der Waals surface area contributed by atoms with Gasteiger partial charge >= 0.3 is 6.09 Å². The van der Waals surface area contributed by atoms with Gasteiger partial charge in [-0.25, -0.2) is 4.79 Å². The molecule has 28 heavy (non-hydrogen) atoms. The molecule has 1 N–H and O–H groups in total. The summed E-state index contributed by atoms with van der Waals surface area (Å²) in [6.07, 6.45) is 0.551. The fraction of sp³-hybridized carbons (Fsp3) is 0.208. The number of carbonyl (C=O) groups is 1. The Balaban J connectivity index is 1.35. The number of benzene rings is 3. The third-order valence-electron chi connectivity index (χ3n) is 5.02. The Morgan fingerprint density at radius 2 is 1.79 bits per heavy atom. The van der Waals surface area contributed by atoms with Gasteiger partial charge in [0.1, 0.15) is 6.61 Å². The van der Waals surface area contributed by atoms with Crippen molar-refractivity contribution < 1.29 is 9.53 Å². The van der Waals surface area contributed by atoms with Crippen LogP contribution in [-0.2, 0) is 24.3 Å². The molecule has 0 saturated heterocycles. The van der Waals surface area contributed by atoms with Gasteiger partial charge in [0.2, 0.25) is 0 Å². The van der Waals surface area contributed by atoms with E-state index in [4.69, 9.17) is 4.74 Å². The van der Waals surface area contributed by atoms with E-state index in [0.29, 0.717) is 0 Å². The first-order valence-corrected chi connectivity index (χ1v) is 9.58. The van der Waals surface area contributed by atoms with Crippen LogP contribution in [0, 0.1) is 6.92 Å². The van der Waals surface area contributed by atoms with Crippen molar-refractivity contribution in [3.8, 4) is 0 Å². The van der Waals surface area contributed by atoms with Crippen LogP contribution in [0.15, 0.2) is 72.8 Å². The topological polar surface area (TPSA) is 41.6 Å². The minimum absolute atomic E-state index is 0.266. The van der Waals surface area contributed by atoms with Gasteiger partial charge < -0.3 is 9.64 Å². The number of rotatable bonds is 5. The number of hydrogen-bond acceptors (Lipinski definition) is 3. The lowest BCUT2D eigenvalue weighted by Gasteiger charge is -2.19. The zero-order valence-corrected chi connectivity index (χ0v) is 16.0. The molecular formula is C24H24N2O2. The van der Waals surface area contributed by atoms with Crippen LogP contribution in [-0.4, -0.2) is 12.6 Å². The lowest BCUT2D eigenvalue weighted by molar-refractivity contribution is 0.155. The third kappa shape index (κ3) is 4.34. The molecule has 1 aliphatic rings. The highest BCUT2D eigenvalue weighted by atomic mass is 16.5. The molecule has 1 aliphatic heterocycles. The Hall–Kier alpha value is -3.27. The molecular weight excluding hydrogens is 348 g/mol. The van der Waals surface area contributed by atoms with Crippen molar-refractivity contribution >= 4 is 17.5 Å². The van der Waals surface area contributed by atoms with Crippen molar-refractivity contribution in [2.24, 2.45) is 0 Å². The third-order valence-corrected chi connectivity index (χ3v) is 5.02. The molecule has 3 aromatic carbocycles. The van der Waals surface area contributed by atoms with Crippen LogP contribution >= 0.6 is 0 Å². The summed E-state index contributed by atoms with van der Waals surface area (Å²) in [7, 11) is 0. The molecule has 1 amide bonds. The summed E-state index contributed by atoms with van der Waals surface area (Å²) in [4.78, 5) is 14.5. The van der Waals surface area contributed by atoms with Gasteiger partial charge in [0.25, 0.3) is 0 Å². The number of fused-ring (bicyclic) bond motifs is 1. The minimum Gasteiger partial charge on any atom is -0.444 e. The average Bonchev–Trinajstić information content (AvgIpc) is 3.10. The molecule has 0 spiro atoms. The van der Waals surface area contributed by atoms with Crippen LogP contribution in [0.1, 0.15) is 22.3 Å². The number of aryl methyl sites for hydroxylation is 1. The van der Waals surface area contributed by atoms with E-state index in [1.54, 1.807) is 0 Å². The van der Waals surface area contributed by atoms with Gasteiger partial charge in [-0.3, -0.25) is 5.32 Å². The first-order chi connectivity index (χ1) is 13.7. The highest BCUT2D eigenvalue weighted by molar-refractivity contribution is 5.85. The summed E-state index contributed by atoms with van der Waals surface area (Å²) in [5.41, 5.74) is 6.74. The molecule has 0 saturated carbocycles. The number of nitrogens with one attached hydrogen (secondary N) is 1. The summed E-state index contributed by atoms with van der Waals surface area (Å²) in [6.45, 7) is 4.19. The molecule has 4 nitrogen and oxygen atoms in total. The molecule has 0 unspecified atom stereocenters. The Morgan fingerprint density at radius 3 is 2.57 bits per heavy atom. The lowest BCUT2D eigenvalue weighted by Crippen LogP contribution is -2.19. The van der Waals surface area contributed by atoms with Crippen LogP contribution in [0.25, 0.3) is 0 Å². The summed E-state index contributed by atoms with van der Waals surface area (Å²) in [5.74, 6) is 0. The van der Waals surface area contributed by atoms with Crippen molar-refractivity contribution in [1.29, 1.82) is 0 Å². The zero-order chi connectivity index (χ0) is 19.3. The van der Waals surface area contributed by atoms with E-state index in [2.05, 4.69) is 40.5 Å². The monoisotopic (exact) mass is 372 g/mol. The number of ether oxygens (including phenoxy) is 1. The van der Waals surface area contributed by atoms with Crippen LogP contribution in [0.5, 0.6) is 0 Å². The Labute approximate surface area is 165 Å². The van der Waals surface area contributed by atoms with Gasteiger partial charge in [-0.05, 0) is 48.2 Å². The van der Waals surface area contributed by atoms with Gasteiger partial charge in [-0.15, -0.1) is 0 Å². The van der Waals surface area contributed by atoms with Crippen molar-refractivity contribution in [2.45, 2.75) is 26.5 Å². The standard InChI is InChI=1S/C24H24N2O2/c1-18-7-9-20(10-8-18)17-28-24(27)25-22-11-12-23-21(15-22)13-14-26(23)16-19-5-3-2-4-6-19/h2-12,15H,13-14,16-17H2,1H3,(H,25,27). The predicted octanol–water partition coefficient (Wildman–Crippen LogP) is 5.31. The molecule has 4 rings (SSSR count). The largest absolute Gasteiger partial charge is 0.444 e. The van der Waals surface area contributed by atoms with Gasteiger partial charge in [0.05, 0.1) is 0 Å². The molecule has 0 fully saturated rings. The van der Waals surface area contributed by atoms with E-state index in [1.807, 2.05) is 49.4 Å². The normalized spacial score (nSPS) is 12.5. The van der Waals surface area contributed by atoms with E-state index in [-0.39, 0.29) is 6.61 Å². The van der Waals surface area contributed by atoms with Crippen LogP contribution in [0.2, 0.25) is 0 Å². The Kier molecular flexibility index (Phi) is 5.29. The van der Waals surface area contributed by atoms with Gasteiger partial charge in [-0.1, -0.05) is 60.2 Å². The van der Waals surface area contributed by atoms with Crippen molar-refractivity contribution in [1.82, 2.24) is 0 Å². The van der Waals surface area contributed by atoms with E-state index in [0.717, 1.165) is 30.8 Å². The molecule has 3 aromatic rings. The summed E-state index contributed by atoms with van der Waals surface area (Å²) < 4.78 is 5.33. The number of nitrogens with zero attached hydrogens (tertiary/aromatic N) is 1. The average molecular weight is 372 g/mol. The predicted molar refractivity (Wildman–Crippen MR) is 113 cm³/mol. The second-order valence-corrected chi connectivity index (χ2v) is 7.19. The molecule has 0 atom stereocenters. The fourth-order valence-electron chi connectivity index (χ4n) is 3.50. The van der Waals surface area contributed by atoms with Crippen LogP contribution in [0.3, 0.4) is 0 Å². The van der Waals surface area contributed by atoms with Gasteiger partial charge in [-0.2, -0.15) is 0 Å². The number of amides is 1. The van der Waals surface area contributed by atoms with Crippen molar-refractivity contribution in [2.75, 3.05) is 16.8 Å². The summed E-state index contributed by atoms with van der Waals surface area (Å²) in [5, 5.41) is 2.84. The SMILES string of the molecule is Cc1ccc(COC(=O)Nc2ccc3c(c2)CCN3Cc2ccccc2)cc1. The van der Waals surface area contributed by atoms with E-state index in [9.17, 15) is 4.79 Å².